The van der Waals surface area contributed by atoms with Gasteiger partial charge in [0.15, 0.2) is 0 Å². The van der Waals surface area contributed by atoms with Gasteiger partial charge in [0.25, 0.3) is 5.69 Å². The summed E-state index contributed by atoms with van der Waals surface area (Å²) in [5, 5.41) is 21.0. The molecule has 0 bridgehead atoms. The van der Waals surface area contributed by atoms with E-state index in [2.05, 4.69) is 4.57 Å². The minimum absolute atomic E-state index is 0.137. The Morgan fingerprint density at radius 1 is 1.33 bits per heavy atom. The summed E-state index contributed by atoms with van der Waals surface area (Å²) in [5.41, 5.74) is 4.88. The molecule has 1 N–H and O–H groups in total. The average Bonchev–Trinajstić information content (AvgIpc) is 2.76. The Labute approximate surface area is 123 Å². The fourth-order valence-electron chi connectivity index (χ4n) is 3.22. The molecule has 1 aliphatic carbocycles. The zero-order valence-corrected chi connectivity index (χ0v) is 12.2. The third-order valence-corrected chi connectivity index (χ3v) is 4.21. The van der Waals surface area contributed by atoms with Gasteiger partial charge in [-0.2, -0.15) is 0 Å². The Balaban J connectivity index is 2.13. The van der Waals surface area contributed by atoms with Crippen LogP contribution in [0.15, 0.2) is 24.3 Å². The first-order valence-electron chi connectivity index (χ1n) is 7.13. The summed E-state index contributed by atoms with van der Waals surface area (Å²) in [6.45, 7) is 3.75. The van der Waals surface area contributed by atoms with E-state index in [1.54, 1.807) is 19.1 Å². The summed E-state index contributed by atoms with van der Waals surface area (Å²) in [5.74, 6) is 0. The normalized spacial score (nSPS) is 17.6. The number of aromatic nitrogens is 1. The predicted molar refractivity (Wildman–Crippen MR) is 79.8 cm³/mol. The third-order valence-electron chi connectivity index (χ3n) is 4.21. The number of aliphatic hydroxyl groups is 1. The third kappa shape index (κ3) is 2.23. The predicted octanol–water partition coefficient (Wildman–Crippen LogP) is 3.37. The van der Waals surface area contributed by atoms with Crippen molar-refractivity contribution in [1.82, 2.24) is 4.57 Å². The van der Waals surface area contributed by atoms with Crippen molar-refractivity contribution < 1.29 is 10.0 Å². The van der Waals surface area contributed by atoms with Gasteiger partial charge in [-0.15, -0.1) is 0 Å². The summed E-state index contributed by atoms with van der Waals surface area (Å²) in [6.07, 6.45) is 2.29. The molecule has 0 spiro atoms. The molecule has 1 unspecified atom stereocenters. The standard InChI is InChI=1S/C16H18N2O3/c1-10-8-12(6-7-14(10)18(20)21)17-11(2)9-13-15(17)4-3-5-16(13)19/h6-9,16,19H,3-5H2,1-2H3. The summed E-state index contributed by atoms with van der Waals surface area (Å²) in [4.78, 5) is 10.6. The molecule has 0 saturated carbocycles. The molecule has 0 aliphatic heterocycles. The molecule has 0 fully saturated rings. The van der Waals surface area contributed by atoms with Crippen molar-refractivity contribution in [2.24, 2.45) is 0 Å². The maximum atomic E-state index is 10.9. The van der Waals surface area contributed by atoms with Crippen molar-refractivity contribution in [3.8, 4) is 5.69 Å². The summed E-state index contributed by atoms with van der Waals surface area (Å²) in [7, 11) is 0. The van der Waals surface area contributed by atoms with Crippen LogP contribution in [0.25, 0.3) is 5.69 Å². The van der Waals surface area contributed by atoms with Crippen LogP contribution in [0.5, 0.6) is 0 Å². The van der Waals surface area contributed by atoms with E-state index in [-0.39, 0.29) is 10.6 Å². The molecule has 110 valence electrons. The van der Waals surface area contributed by atoms with Crippen LogP contribution in [0, 0.1) is 24.0 Å². The number of hydrogen-bond donors (Lipinski definition) is 1. The first kappa shape index (κ1) is 13.8. The topological polar surface area (TPSA) is 68.3 Å². The highest BCUT2D eigenvalue weighted by Gasteiger charge is 2.24. The maximum Gasteiger partial charge on any atom is 0.272 e. The quantitative estimate of drug-likeness (QED) is 0.679. The van der Waals surface area contributed by atoms with E-state index in [1.165, 1.54) is 0 Å². The van der Waals surface area contributed by atoms with Gasteiger partial charge in [-0.05, 0) is 51.3 Å². The lowest BCUT2D eigenvalue weighted by atomic mass is 9.95. The van der Waals surface area contributed by atoms with Gasteiger partial charge in [-0.25, -0.2) is 0 Å². The van der Waals surface area contributed by atoms with Crippen LogP contribution in [-0.4, -0.2) is 14.6 Å². The number of rotatable bonds is 2. The lowest BCUT2D eigenvalue weighted by Crippen LogP contribution is -2.11. The first-order valence-corrected chi connectivity index (χ1v) is 7.13. The molecule has 5 heteroatoms. The molecule has 1 heterocycles. The number of aliphatic hydroxyl groups excluding tert-OH is 1. The molecular weight excluding hydrogens is 268 g/mol. The Bertz CT molecular complexity index is 719. The number of benzene rings is 1. The second-order valence-corrected chi connectivity index (χ2v) is 5.66. The Morgan fingerprint density at radius 2 is 2.10 bits per heavy atom. The molecule has 1 aromatic carbocycles. The largest absolute Gasteiger partial charge is 0.388 e. The molecule has 21 heavy (non-hydrogen) atoms. The lowest BCUT2D eigenvalue weighted by molar-refractivity contribution is -0.385. The first-order chi connectivity index (χ1) is 9.99. The molecule has 0 radical (unpaired) electrons. The zero-order valence-electron chi connectivity index (χ0n) is 12.2. The van der Waals surface area contributed by atoms with Crippen LogP contribution < -0.4 is 0 Å². The van der Waals surface area contributed by atoms with E-state index in [4.69, 9.17) is 0 Å². The van der Waals surface area contributed by atoms with Gasteiger partial charge in [0.1, 0.15) is 0 Å². The summed E-state index contributed by atoms with van der Waals surface area (Å²) in [6, 6.07) is 7.19. The molecule has 3 rings (SSSR count). The van der Waals surface area contributed by atoms with E-state index in [0.717, 1.165) is 41.9 Å². The molecule has 1 atom stereocenters. The van der Waals surface area contributed by atoms with E-state index < -0.39 is 6.10 Å². The van der Waals surface area contributed by atoms with E-state index in [9.17, 15) is 15.2 Å². The number of nitro groups is 1. The molecule has 5 nitrogen and oxygen atoms in total. The van der Waals surface area contributed by atoms with Gasteiger partial charge < -0.3 is 9.67 Å². The van der Waals surface area contributed by atoms with E-state index >= 15 is 0 Å². The molecule has 0 saturated heterocycles. The van der Waals surface area contributed by atoms with E-state index in [0.29, 0.717) is 5.56 Å². The number of fused-ring (bicyclic) bond motifs is 1. The fraction of sp³-hybridized carbons (Fsp3) is 0.375. The molecule has 2 aromatic rings. The van der Waals surface area contributed by atoms with Crippen molar-refractivity contribution in [1.29, 1.82) is 0 Å². The van der Waals surface area contributed by atoms with Crippen molar-refractivity contribution in [2.45, 2.75) is 39.2 Å². The van der Waals surface area contributed by atoms with Gasteiger partial charge in [0, 0.05) is 34.3 Å². The Kier molecular flexibility index (Phi) is 3.29. The van der Waals surface area contributed by atoms with Gasteiger partial charge in [0.05, 0.1) is 11.0 Å². The second kappa shape index (κ2) is 5.00. The van der Waals surface area contributed by atoms with Crippen molar-refractivity contribution >= 4 is 5.69 Å². The highest BCUT2D eigenvalue weighted by molar-refractivity contribution is 5.51. The second-order valence-electron chi connectivity index (χ2n) is 5.66. The number of nitro benzene ring substituents is 1. The minimum atomic E-state index is -0.396. The van der Waals surface area contributed by atoms with Crippen LogP contribution in [0.1, 0.15) is 41.5 Å². The van der Waals surface area contributed by atoms with Gasteiger partial charge >= 0.3 is 0 Å². The van der Waals surface area contributed by atoms with Gasteiger partial charge in [0.2, 0.25) is 0 Å². The van der Waals surface area contributed by atoms with Crippen LogP contribution in [0.3, 0.4) is 0 Å². The van der Waals surface area contributed by atoms with Crippen LogP contribution in [-0.2, 0) is 6.42 Å². The number of hydrogen-bond acceptors (Lipinski definition) is 3. The highest BCUT2D eigenvalue weighted by Crippen LogP contribution is 2.34. The monoisotopic (exact) mass is 286 g/mol. The Morgan fingerprint density at radius 3 is 2.76 bits per heavy atom. The average molecular weight is 286 g/mol. The summed E-state index contributed by atoms with van der Waals surface area (Å²) < 4.78 is 2.11. The minimum Gasteiger partial charge on any atom is -0.388 e. The van der Waals surface area contributed by atoms with E-state index in [1.807, 2.05) is 19.1 Å². The van der Waals surface area contributed by atoms with Crippen LogP contribution in [0.4, 0.5) is 5.69 Å². The smallest absolute Gasteiger partial charge is 0.272 e. The number of aryl methyl sites for hydroxylation is 2. The van der Waals surface area contributed by atoms with Crippen molar-refractivity contribution in [3.05, 3.63) is 56.9 Å². The molecule has 1 aliphatic rings. The number of nitrogens with zero attached hydrogens (tertiary/aromatic N) is 2. The molecule has 0 amide bonds. The lowest BCUT2D eigenvalue weighted by Gasteiger charge is -2.20. The van der Waals surface area contributed by atoms with Crippen LogP contribution in [0.2, 0.25) is 0 Å². The maximum absolute atomic E-state index is 10.9. The highest BCUT2D eigenvalue weighted by atomic mass is 16.6. The van der Waals surface area contributed by atoms with Crippen molar-refractivity contribution in [2.75, 3.05) is 0 Å². The zero-order chi connectivity index (χ0) is 15.1. The van der Waals surface area contributed by atoms with Gasteiger partial charge in [-0.3, -0.25) is 10.1 Å². The fourth-order valence-corrected chi connectivity index (χ4v) is 3.22. The summed E-state index contributed by atoms with van der Waals surface area (Å²) >= 11 is 0. The van der Waals surface area contributed by atoms with Gasteiger partial charge in [-0.1, -0.05) is 0 Å². The SMILES string of the molecule is Cc1cc(-n2c(C)cc3c2CCCC3O)ccc1[N+](=O)[O-]. The Hall–Kier alpha value is -2.14. The molecular formula is C16H18N2O3. The van der Waals surface area contributed by atoms with Crippen molar-refractivity contribution in [3.63, 3.8) is 0 Å². The molecule has 1 aromatic heterocycles. The van der Waals surface area contributed by atoms with Crippen LogP contribution >= 0.6 is 0 Å².